The van der Waals surface area contributed by atoms with Gasteiger partial charge >= 0.3 is 0 Å². The summed E-state index contributed by atoms with van der Waals surface area (Å²) in [6, 6.07) is 15.5. The van der Waals surface area contributed by atoms with Crippen molar-refractivity contribution in [2.24, 2.45) is 0 Å². The van der Waals surface area contributed by atoms with Crippen LogP contribution in [0.2, 0.25) is 0 Å². The van der Waals surface area contributed by atoms with Crippen LogP contribution in [-0.2, 0) is 0 Å². The Hall–Kier alpha value is -1.71. The normalized spacial score (nSPS) is 21.1. The first-order valence-corrected chi connectivity index (χ1v) is 7.74. The van der Waals surface area contributed by atoms with E-state index in [1.807, 2.05) is 12.4 Å². The molecular formula is C18H23N3. The molecule has 1 saturated heterocycles. The first-order valence-electron chi connectivity index (χ1n) is 7.74. The van der Waals surface area contributed by atoms with Gasteiger partial charge in [0.05, 0.1) is 0 Å². The lowest BCUT2D eigenvalue weighted by atomic mass is 9.97. The molecule has 3 rings (SSSR count). The molecule has 3 heteroatoms. The van der Waals surface area contributed by atoms with Crippen LogP contribution in [0.4, 0.5) is 0 Å². The molecule has 0 aliphatic carbocycles. The molecule has 0 spiro atoms. The number of piperazine rings is 1. The van der Waals surface area contributed by atoms with Gasteiger partial charge in [-0.3, -0.25) is 9.88 Å². The summed E-state index contributed by atoms with van der Waals surface area (Å²) in [4.78, 5) is 6.74. The molecule has 110 valence electrons. The van der Waals surface area contributed by atoms with Crippen molar-refractivity contribution < 1.29 is 0 Å². The Labute approximate surface area is 127 Å². The van der Waals surface area contributed by atoms with E-state index >= 15 is 0 Å². The van der Waals surface area contributed by atoms with Gasteiger partial charge in [0.2, 0.25) is 0 Å². The smallest absolute Gasteiger partial charge is 0.0474 e. The Kier molecular flexibility index (Phi) is 4.63. The van der Waals surface area contributed by atoms with Crippen molar-refractivity contribution in [2.45, 2.75) is 18.9 Å². The molecule has 1 aliphatic heterocycles. The van der Waals surface area contributed by atoms with Crippen LogP contribution in [0.1, 0.15) is 30.0 Å². The van der Waals surface area contributed by atoms with Gasteiger partial charge in [0.15, 0.2) is 0 Å². The molecule has 1 aromatic carbocycles. The Bertz CT molecular complexity index is 541. The minimum absolute atomic E-state index is 0.452. The molecule has 2 unspecified atom stereocenters. The average molecular weight is 281 g/mol. The summed E-state index contributed by atoms with van der Waals surface area (Å²) in [5, 5.41) is 3.51. The summed E-state index contributed by atoms with van der Waals surface area (Å²) >= 11 is 0. The van der Waals surface area contributed by atoms with E-state index in [1.165, 1.54) is 11.1 Å². The number of rotatable bonds is 4. The van der Waals surface area contributed by atoms with E-state index in [4.69, 9.17) is 0 Å². The second-order valence-electron chi connectivity index (χ2n) is 5.81. The minimum Gasteiger partial charge on any atom is -0.314 e. The second-order valence-corrected chi connectivity index (χ2v) is 5.81. The number of hydrogen-bond acceptors (Lipinski definition) is 3. The molecule has 21 heavy (non-hydrogen) atoms. The van der Waals surface area contributed by atoms with Crippen LogP contribution in [0.15, 0.2) is 54.9 Å². The largest absolute Gasteiger partial charge is 0.314 e. The molecule has 1 aliphatic rings. The van der Waals surface area contributed by atoms with Crippen molar-refractivity contribution in [1.82, 2.24) is 15.2 Å². The molecule has 0 bridgehead atoms. The fourth-order valence-electron chi connectivity index (χ4n) is 3.12. The predicted octanol–water partition coefficient (Wildman–Crippen LogP) is 2.83. The molecule has 2 heterocycles. The third-order valence-corrected chi connectivity index (χ3v) is 4.32. The molecule has 0 amide bonds. The van der Waals surface area contributed by atoms with Crippen LogP contribution in [0, 0.1) is 0 Å². The van der Waals surface area contributed by atoms with Crippen molar-refractivity contribution in [2.75, 3.05) is 26.2 Å². The van der Waals surface area contributed by atoms with E-state index in [-0.39, 0.29) is 0 Å². The van der Waals surface area contributed by atoms with Crippen molar-refractivity contribution in [3.63, 3.8) is 0 Å². The third kappa shape index (κ3) is 3.49. The van der Waals surface area contributed by atoms with Crippen LogP contribution in [0.5, 0.6) is 0 Å². The van der Waals surface area contributed by atoms with Gasteiger partial charge in [-0.05, 0) is 29.2 Å². The molecule has 1 fully saturated rings. The van der Waals surface area contributed by atoms with Crippen molar-refractivity contribution in [3.05, 3.63) is 66.0 Å². The highest BCUT2D eigenvalue weighted by Crippen LogP contribution is 2.25. The summed E-state index contributed by atoms with van der Waals surface area (Å²) < 4.78 is 0. The molecule has 2 atom stereocenters. The standard InChI is InChI=1S/C18H23N3/c1-15(16-5-3-2-4-6-16)14-21-12-11-20-13-18(21)17-7-9-19-10-8-17/h2-10,15,18,20H,11-14H2,1H3. The molecule has 2 aromatic rings. The van der Waals surface area contributed by atoms with Gasteiger partial charge in [-0.25, -0.2) is 0 Å². The van der Waals surface area contributed by atoms with Crippen LogP contribution in [-0.4, -0.2) is 36.1 Å². The first-order chi connectivity index (χ1) is 10.3. The van der Waals surface area contributed by atoms with Gasteiger partial charge in [0.25, 0.3) is 0 Å². The van der Waals surface area contributed by atoms with Gasteiger partial charge in [0.1, 0.15) is 0 Å². The summed E-state index contributed by atoms with van der Waals surface area (Å²) in [6.45, 7) is 6.61. The van der Waals surface area contributed by atoms with Crippen LogP contribution in [0.25, 0.3) is 0 Å². The topological polar surface area (TPSA) is 28.2 Å². The Morgan fingerprint density at radius 1 is 1.19 bits per heavy atom. The van der Waals surface area contributed by atoms with E-state index in [1.54, 1.807) is 0 Å². The Morgan fingerprint density at radius 2 is 1.95 bits per heavy atom. The van der Waals surface area contributed by atoms with Gasteiger partial charge in [0, 0.05) is 44.6 Å². The minimum atomic E-state index is 0.452. The average Bonchev–Trinajstić information content (AvgIpc) is 2.57. The number of pyridine rings is 1. The lowest BCUT2D eigenvalue weighted by Gasteiger charge is -2.38. The fourth-order valence-corrected chi connectivity index (χ4v) is 3.12. The Balaban J connectivity index is 1.73. The number of nitrogens with zero attached hydrogens (tertiary/aromatic N) is 2. The third-order valence-electron chi connectivity index (χ3n) is 4.32. The molecule has 1 aromatic heterocycles. The maximum atomic E-state index is 4.13. The van der Waals surface area contributed by atoms with E-state index in [9.17, 15) is 0 Å². The van der Waals surface area contributed by atoms with Crippen molar-refractivity contribution in [1.29, 1.82) is 0 Å². The molecule has 0 saturated carbocycles. The van der Waals surface area contributed by atoms with Crippen LogP contribution >= 0.6 is 0 Å². The quantitative estimate of drug-likeness (QED) is 0.934. The van der Waals surface area contributed by atoms with E-state index in [2.05, 4.69) is 64.6 Å². The van der Waals surface area contributed by atoms with Gasteiger partial charge in [-0.1, -0.05) is 37.3 Å². The van der Waals surface area contributed by atoms with Gasteiger partial charge in [-0.15, -0.1) is 0 Å². The molecule has 0 radical (unpaired) electrons. The maximum Gasteiger partial charge on any atom is 0.0474 e. The number of nitrogens with one attached hydrogen (secondary N) is 1. The van der Waals surface area contributed by atoms with E-state index in [0.717, 1.165) is 26.2 Å². The van der Waals surface area contributed by atoms with E-state index in [0.29, 0.717) is 12.0 Å². The Morgan fingerprint density at radius 3 is 2.71 bits per heavy atom. The zero-order valence-electron chi connectivity index (χ0n) is 12.6. The summed E-state index contributed by atoms with van der Waals surface area (Å²) in [5.41, 5.74) is 2.78. The number of aromatic nitrogens is 1. The molecular weight excluding hydrogens is 258 g/mol. The SMILES string of the molecule is CC(CN1CCNCC1c1ccncc1)c1ccccc1. The second kappa shape index (κ2) is 6.83. The summed E-state index contributed by atoms with van der Waals surface area (Å²) in [7, 11) is 0. The number of hydrogen-bond donors (Lipinski definition) is 1. The van der Waals surface area contributed by atoms with E-state index < -0.39 is 0 Å². The van der Waals surface area contributed by atoms with Crippen molar-refractivity contribution >= 4 is 0 Å². The zero-order chi connectivity index (χ0) is 14.5. The summed E-state index contributed by atoms with van der Waals surface area (Å²) in [5.74, 6) is 0.550. The summed E-state index contributed by atoms with van der Waals surface area (Å²) in [6.07, 6.45) is 3.78. The zero-order valence-corrected chi connectivity index (χ0v) is 12.6. The highest BCUT2D eigenvalue weighted by atomic mass is 15.2. The molecule has 3 nitrogen and oxygen atoms in total. The predicted molar refractivity (Wildman–Crippen MR) is 86.3 cm³/mol. The number of benzene rings is 1. The van der Waals surface area contributed by atoms with Crippen LogP contribution < -0.4 is 5.32 Å². The maximum absolute atomic E-state index is 4.13. The monoisotopic (exact) mass is 281 g/mol. The molecule has 1 N–H and O–H groups in total. The van der Waals surface area contributed by atoms with Crippen LogP contribution in [0.3, 0.4) is 0 Å². The van der Waals surface area contributed by atoms with Crippen molar-refractivity contribution in [3.8, 4) is 0 Å². The highest BCUT2D eigenvalue weighted by molar-refractivity contribution is 5.20. The lowest BCUT2D eigenvalue weighted by Crippen LogP contribution is -2.47. The van der Waals surface area contributed by atoms with Gasteiger partial charge in [-0.2, -0.15) is 0 Å². The van der Waals surface area contributed by atoms with Gasteiger partial charge < -0.3 is 5.32 Å². The lowest BCUT2D eigenvalue weighted by molar-refractivity contribution is 0.154. The highest BCUT2D eigenvalue weighted by Gasteiger charge is 2.25. The first kappa shape index (κ1) is 14.2. The fraction of sp³-hybridized carbons (Fsp3) is 0.389.